The zero-order valence-corrected chi connectivity index (χ0v) is 16.0. The van der Waals surface area contributed by atoms with Gasteiger partial charge in [0.1, 0.15) is 24.2 Å². The summed E-state index contributed by atoms with van der Waals surface area (Å²) in [5.41, 5.74) is -0.743. The van der Waals surface area contributed by atoms with E-state index in [1.807, 2.05) is 0 Å². The molecular weight excluding hydrogens is 389 g/mol. The number of nitrogens with zero attached hydrogens (tertiary/aromatic N) is 3. The molecule has 2 N–H and O–H groups in total. The minimum Gasteiger partial charge on any atom is -0.340 e. The van der Waals surface area contributed by atoms with Crippen molar-refractivity contribution in [3.63, 3.8) is 0 Å². The van der Waals surface area contributed by atoms with Crippen LogP contribution in [0.1, 0.15) is 17.4 Å². The topological polar surface area (TPSA) is 102 Å². The Balaban J connectivity index is 1.68. The van der Waals surface area contributed by atoms with E-state index in [1.165, 1.54) is 18.2 Å². The average molecular weight is 407 g/mol. The van der Waals surface area contributed by atoms with Gasteiger partial charge in [0.05, 0.1) is 10.8 Å². The molecule has 2 aromatic carbocycles. The van der Waals surface area contributed by atoms with Crippen LogP contribution < -0.4 is 16.4 Å². The molecule has 30 heavy (non-hydrogen) atoms. The van der Waals surface area contributed by atoms with E-state index in [2.05, 4.69) is 15.4 Å². The van der Waals surface area contributed by atoms with Gasteiger partial charge in [-0.15, -0.1) is 0 Å². The highest BCUT2D eigenvalue weighted by molar-refractivity contribution is 5.81. The number of carbonyl (C=O) groups excluding carboxylic acids is 1. The van der Waals surface area contributed by atoms with Gasteiger partial charge >= 0.3 is 0 Å². The van der Waals surface area contributed by atoms with Crippen LogP contribution in [0.2, 0.25) is 0 Å². The molecule has 0 saturated heterocycles. The first kappa shape index (κ1) is 19.3. The number of amides is 1. The number of nitrogens with one attached hydrogen (secondary N) is 2. The Bertz CT molecular complexity index is 1350. The van der Waals surface area contributed by atoms with Crippen molar-refractivity contribution < 1.29 is 9.18 Å². The second-order valence-electron chi connectivity index (χ2n) is 6.80. The third kappa shape index (κ3) is 3.52. The van der Waals surface area contributed by atoms with Crippen LogP contribution in [0.25, 0.3) is 10.8 Å². The normalized spacial score (nSPS) is 12.1. The van der Waals surface area contributed by atoms with Gasteiger partial charge in [-0.05, 0) is 18.2 Å². The number of aromatic nitrogens is 4. The molecule has 4 aromatic rings. The molecule has 0 spiro atoms. The van der Waals surface area contributed by atoms with Crippen LogP contribution in [-0.4, -0.2) is 25.2 Å². The van der Waals surface area contributed by atoms with Crippen molar-refractivity contribution >= 4 is 16.7 Å². The Labute approximate surface area is 169 Å². The van der Waals surface area contributed by atoms with E-state index in [9.17, 15) is 18.8 Å². The van der Waals surface area contributed by atoms with Crippen molar-refractivity contribution in [2.45, 2.75) is 12.6 Å². The van der Waals surface area contributed by atoms with Crippen molar-refractivity contribution in [3.05, 3.63) is 98.8 Å². The summed E-state index contributed by atoms with van der Waals surface area (Å²) in [6.07, 6.45) is 3.22. The molecule has 0 aliphatic rings. The van der Waals surface area contributed by atoms with Crippen LogP contribution >= 0.6 is 0 Å². The summed E-state index contributed by atoms with van der Waals surface area (Å²) in [7, 11) is 1.73. The van der Waals surface area contributed by atoms with E-state index in [1.54, 1.807) is 54.3 Å². The van der Waals surface area contributed by atoms with E-state index < -0.39 is 35.4 Å². The lowest BCUT2D eigenvalue weighted by Gasteiger charge is -2.20. The van der Waals surface area contributed by atoms with Crippen molar-refractivity contribution in [1.82, 2.24) is 24.6 Å². The van der Waals surface area contributed by atoms with Gasteiger partial charge in [0.2, 0.25) is 5.91 Å². The van der Waals surface area contributed by atoms with Gasteiger partial charge in [-0.2, -0.15) is 0 Å². The lowest BCUT2D eigenvalue weighted by atomic mass is 10.1. The summed E-state index contributed by atoms with van der Waals surface area (Å²) < 4.78 is 17.1. The Morgan fingerprint density at radius 1 is 1.13 bits per heavy atom. The predicted octanol–water partition coefficient (Wildman–Crippen LogP) is 1.47. The molecule has 1 unspecified atom stereocenters. The molecule has 0 bridgehead atoms. The molecule has 0 aliphatic carbocycles. The van der Waals surface area contributed by atoms with Gasteiger partial charge in [0.15, 0.2) is 0 Å². The van der Waals surface area contributed by atoms with E-state index in [-0.39, 0.29) is 16.3 Å². The second-order valence-corrected chi connectivity index (χ2v) is 6.80. The van der Waals surface area contributed by atoms with Gasteiger partial charge in [0.25, 0.3) is 11.1 Å². The standard InChI is InChI=1S/C21H18FN5O3/c1-26-11-10-23-19(26)18(15-8-4-5-9-16(15)22)24-17(28)12-27-21(30)14-7-3-2-6-13(14)20(29)25-27/h2-11,18H,12H2,1H3,(H,24,28)(H,25,29). The maximum Gasteiger partial charge on any atom is 0.273 e. The smallest absolute Gasteiger partial charge is 0.273 e. The van der Waals surface area contributed by atoms with Gasteiger partial charge in [0, 0.05) is 25.0 Å². The first-order valence-corrected chi connectivity index (χ1v) is 9.18. The number of imidazole rings is 1. The number of halogens is 1. The quantitative estimate of drug-likeness (QED) is 0.523. The van der Waals surface area contributed by atoms with E-state index in [0.29, 0.717) is 5.82 Å². The van der Waals surface area contributed by atoms with Crippen LogP contribution in [0.5, 0.6) is 0 Å². The van der Waals surface area contributed by atoms with Gasteiger partial charge < -0.3 is 9.88 Å². The zero-order valence-electron chi connectivity index (χ0n) is 16.0. The molecule has 152 valence electrons. The van der Waals surface area contributed by atoms with E-state index in [0.717, 1.165) is 4.68 Å². The Kier molecular flexibility index (Phi) is 5.01. The maximum atomic E-state index is 14.4. The zero-order chi connectivity index (χ0) is 21.3. The second kappa shape index (κ2) is 7.78. The molecule has 0 radical (unpaired) electrons. The highest BCUT2D eigenvalue weighted by Gasteiger charge is 2.24. The van der Waals surface area contributed by atoms with E-state index in [4.69, 9.17) is 0 Å². The van der Waals surface area contributed by atoms with Crippen LogP contribution in [0.3, 0.4) is 0 Å². The molecule has 0 aliphatic heterocycles. The number of H-pyrrole nitrogens is 1. The molecule has 0 fully saturated rings. The van der Waals surface area contributed by atoms with Gasteiger partial charge in [-0.25, -0.2) is 14.1 Å². The summed E-state index contributed by atoms with van der Waals surface area (Å²) >= 11 is 0. The number of hydrogen-bond acceptors (Lipinski definition) is 4. The van der Waals surface area contributed by atoms with Crippen LogP contribution in [0.15, 0.2) is 70.5 Å². The van der Waals surface area contributed by atoms with E-state index >= 15 is 0 Å². The minimum absolute atomic E-state index is 0.212. The highest BCUT2D eigenvalue weighted by atomic mass is 19.1. The maximum absolute atomic E-state index is 14.4. The third-order valence-electron chi connectivity index (χ3n) is 4.82. The first-order valence-electron chi connectivity index (χ1n) is 9.18. The largest absolute Gasteiger partial charge is 0.340 e. The summed E-state index contributed by atoms with van der Waals surface area (Å²) in [5.74, 6) is -0.658. The molecule has 8 nitrogen and oxygen atoms in total. The summed E-state index contributed by atoms with van der Waals surface area (Å²) in [5, 5.41) is 5.59. The first-order chi connectivity index (χ1) is 14.5. The molecule has 4 rings (SSSR count). The summed E-state index contributed by atoms with van der Waals surface area (Å²) in [6.45, 7) is -0.436. The number of benzene rings is 2. The molecule has 1 atom stereocenters. The van der Waals surface area contributed by atoms with Gasteiger partial charge in [-0.1, -0.05) is 30.3 Å². The number of carbonyl (C=O) groups is 1. The Morgan fingerprint density at radius 2 is 1.83 bits per heavy atom. The molecule has 9 heteroatoms. The lowest BCUT2D eigenvalue weighted by Crippen LogP contribution is -2.39. The van der Waals surface area contributed by atoms with Crippen LogP contribution in [0, 0.1) is 5.82 Å². The van der Waals surface area contributed by atoms with Crippen molar-refractivity contribution in [2.24, 2.45) is 7.05 Å². The SMILES string of the molecule is Cn1ccnc1C(NC(=O)Cn1[nH]c(=O)c2ccccc2c1=O)c1ccccc1F. The molecular formula is C21H18FN5O3. The van der Waals surface area contributed by atoms with Crippen molar-refractivity contribution in [1.29, 1.82) is 0 Å². The third-order valence-corrected chi connectivity index (χ3v) is 4.82. The lowest BCUT2D eigenvalue weighted by molar-refractivity contribution is -0.122. The van der Waals surface area contributed by atoms with Crippen LogP contribution in [-0.2, 0) is 18.4 Å². The molecule has 1 amide bonds. The number of fused-ring (bicyclic) bond motifs is 1. The van der Waals surface area contributed by atoms with Gasteiger partial charge in [-0.3, -0.25) is 19.5 Å². The van der Waals surface area contributed by atoms with Crippen LogP contribution in [0.4, 0.5) is 4.39 Å². The van der Waals surface area contributed by atoms with Crippen molar-refractivity contribution in [2.75, 3.05) is 0 Å². The molecule has 2 heterocycles. The summed E-state index contributed by atoms with van der Waals surface area (Å²) in [4.78, 5) is 41.9. The number of aromatic amines is 1. The Morgan fingerprint density at radius 3 is 2.53 bits per heavy atom. The van der Waals surface area contributed by atoms with Crippen molar-refractivity contribution in [3.8, 4) is 0 Å². The fourth-order valence-corrected chi connectivity index (χ4v) is 3.35. The highest BCUT2D eigenvalue weighted by Crippen LogP contribution is 2.23. The molecule has 2 aromatic heterocycles. The summed E-state index contributed by atoms with van der Waals surface area (Å²) in [6, 6.07) is 11.5. The number of aryl methyl sites for hydroxylation is 1. The average Bonchev–Trinajstić information content (AvgIpc) is 3.16. The number of hydrogen-bond donors (Lipinski definition) is 2. The minimum atomic E-state index is -0.874. The fourth-order valence-electron chi connectivity index (χ4n) is 3.35. The fraction of sp³-hybridized carbons (Fsp3) is 0.143. The predicted molar refractivity (Wildman–Crippen MR) is 108 cm³/mol. The monoisotopic (exact) mass is 407 g/mol. The molecule has 0 saturated carbocycles. The Hall–Kier alpha value is -4.01. The number of rotatable bonds is 5.